The molecule has 4 aromatic carbocycles. The number of benzene rings is 4. The summed E-state index contributed by atoms with van der Waals surface area (Å²) in [6.45, 7) is 8.75. The molecule has 0 unspecified atom stereocenters. The Balaban J connectivity index is 1.36. The minimum Gasteiger partial charge on any atom is -0.491 e. The molecule has 0 spiro atoms. The van der Waals surface area contributed by atoms with Crippen LogP contribution in [0.4, 0.5) is 0 Å². The Hall–Kier alpha value is -2.78. The third-order valence-electron chi connectivity index (χ3n) is 10.4. The monoisotopic (exact) mass is 1080 g/mol. The van der Waals surface area contributed by atoms with Crippen LogP contribution < -0.4 is 18.9 Å². The van der Waals surface area contributed by atoms with Crippen molar-refractivity contribution in [3.05, 3.63) is 112 Å². The topological polar surface area (TPSA) is 111 Å². The fraction of sp³-hybridized carbons (Fsp3) is 0.500. The van der Waals surface area contributed by atoms with Crippen LogP contribution in [0.25, 0.3) is 0 Å². The molecule has 14 heteroatoms. The third-order valence-corrected chi connectivity index (χ3v) is 11.7. The second kappa shape index (κ2) is 26.2. The predicted molar refractivity (Wildman–Crippen MR) is 251 cm³/mol. The first-order valence-electron chi connectivity index (χ1n) is 21.6. The van der Waals surface area contributed by atoms with Crippen molar-refractivity contribution in [2.45, 2.75) is 25.7 Å². The van der Waals surface area contributed by atoms with E-state index in [1.54, 1.807) is 0 Å². The fourth-order valence-electron chi connectivity index (χ4n) is 7.68. The molecule has 336 valence electrons. The molecule has 0 fully saturated rings. The molecule has 0 saturated heterocycles. The van der Waals surface area contributed by atoms with Crippen molar-refractivity contribution in [3.8, 4) is 23.0 Å². The molecule has 0 N–H and O–H groups in total. The second-order valence-corrected chi connectivity index (χ2v) is 17.4. The van der Waals surface area contributed by atoms with Gasteiger partial charge in [0.05, 0.1) is 106 Å². The van der Waals surface area contributed by atoms with Gasteiger partial charge in [0.15, 0.2) is 0 Å². The highest BCUT2D eigenvalue weighted by atomic mass is 127. The zero-order valence-corrected chi connectivity index (χ0v) is 39.7. The molecule has 0 radical (unpaired) electrons. The summed E-state index contributed by atoms with van der Waals surface area (Å²) in [5.41, 5.74) is 8.44. The number of hydrogen-bond acceptors (Lipinski definition) is 12. The van der Waals surface area contributed by atoms with Crippen LogP contribution in [-0.4, -0.2) is 132 Å². The van der Waals surface area contributed by atoms with Crippen LogP contribution >= 0.6 is 45.2 Å². The number of para-hydroxylation sites is 2. The van der Waals surface area contributed by atoms with Gasteiger partial charge >= 0.3 is 0 Å². The van der Waals surface area contributed by atoms with Gasteiger partial charge in [0.25, 0.3) is 0 Å². The molecule has 2 heterocycles. The average molecular weight is 1080 g/mol. The maximum Gasteiger partial charge on any atom is 0.126 e. The maximum atomic E-state index is 6.77. The van der Waals surface area contributed by atoms with E-state index in [9.17, 15) is 0 Å². The van der Waals surface area contributed by atoms with Crippen LogP contribution in [0.2, 0.25) is 0 Å². The minimum atomic E-state index is 0.370. The number of rotatable bonds is 0. The Morgan fingerprint density at radius 2 is 0.452 bits per heavy atom. The van der Waals surface area contributed by atoms with Crippen molar-refractivity contribution in [1.82, 2.24) is 0 Å². The normalized spacial score (nSPS) is 18.9. The molecule has 7 rings (SSSR count). The molecule has 4 aromatic rings. The van der Waals surface area contributed by atoms with Gasteiger partial charge in [0.2, 0.25) is 0 Å². The highest BCUT2D eigenvalue weighted by Gasteiger charge is 2.23. The van der Waals surface area contributed by atoms with Crippen molar-refractivity contribution < 1.29 is 56.8 Å². The van der Waals surface area contributed by atoms with E-state index in [4.69, 9.17) is 56.8 Å². The lowest BCUT2D eigenvalue weighted by Crippen LogP contribution is -2.15. The van der Waals surface area contributed by atoms with Gasteiger partial charge in [0, 0.05) is 32.8 Å². The second-order valence-electron chi connectivity index (χ2n) is 14.9. The summed E-state index contributed by atoms with van der Waals surface area (Å²) in [5, 5.41) is 0. The Morgan fingerprint density at radius 1 is 0.258 bits per heavy atom. The van der Waals surface area contributed by atoms with E-state index in [1.165, 1.54) is 0 Å². The van der Waals surface area contributed by atoms with Crippen LogP contribution in [-0.2, 0) is 63.6 Å². The molecule has 0 saturated carbocycles. The molecule has 62 heavy (non-hydrogen) atoms. The number of ether oxygens (including phenoxy) is 12. The SMILES string of the molecule is Ic1cc2c3c(c1)Cc1cccc4c1OCCOCCOCCOCCOCCOc1c(cccc1Cc1cc(I)cc(c1OCCOCCOCCOCCOCCO3)C4)C2. The van der Waals surface area contributed by atoms with E-state index in [0.717, 1.165) is 74.6 Å². The van der Waals surface area contributed by atoms with Crippen LogP contribution in [0.5, 0.6) is 23.0 Å². The number of halogens is 2. The standard InChI is InChI=1S/C48H58I2O12/c49-43-31-39-27-35-3-1-4-36-28-40-32-44(50)34-42-30-38-6-2-5-37(46(38)60-24-20-56-16-12-52-8-7-51-11-15-55-19-23-59-45(35)36)29-41(33-43)47(39)61-25-21-57-17-13-53-9-10-54-14-18-58-22-26-62-48(40)42/h1-6,31-34H,7-30H2. The zero-order chi connectivity index (χ0) is 42.6. The molecule has 12 bridgehead atoms. The molecule has 2 aliphatic heterocycles. The van der Waals surface area contributed by atoms with Gasteiger partial charge in [-0.25, -0.2) is 0 Å². The number of hydrogen-bond donors (Lipinski definition) is 0. The van der Waals surface area contributed by atoms with Crippen molar-refractivity contribution >= 4 is 45.2 Å². The Kier molecular flexibility index (Phi) is 20.0. The van der Waals surface area contributed by atoms with E-state index < -0.39 is 0 Å². The van der Waals surface area contributed by atoms with Crippen molar-refractivity contribution in [3.63, 3.8) is 0 Å². The molecule has 3 aliphatic rings. The van der Waals surface area contributed by atoms with Gasteiger partial charge in [0.1, 0.15) is 49.4 Å². The first-order valence-corrected chi connectivity index (χ1v) is 23.8. The Labute approximate surface area is 392 Å². The van der Waals surface area contributed by atoms with Gasteiger partial charge in [-0.1, -0.05) is 36.4 Å². The first-order chi connectivity index (χ1) is 30.6. The largest absolute Gasteiger partial charge is 0.491 e. The highest BCUT2D eigenvalue weighted by Crippen LogP contribution is 2.40. The van der Waals surface area contributed by atoms with E-state index in [2.05, 4.69) is 106 Å². The van der Waals surface area contributed by atoms with E-state index in [-0.39, 0.29) is 0 Å². The lowest BCUT2D eigenvalue weighted by Gasteiger charge is -2.23. The van der Waals surface area contributed by atoms with Crippen LogP contribution in [0.15, 0.2) is 60.7 Å². The van der Waals surface area contributed by atoms with Crippen LogP contribution in [0, 0.1) is 7.14 Å². The summed E-state index contributed by atoms with van der Waals surface area (Å²) in [4.78, 5) is 0. The molecule has 0 amide bonds. The predicted octanol–water partition coefficient (Wildman–Crippen LogP) is 7.25. The van der Waals surface area contributed by atoms with Crippen molar-refractivity contribution in [2.75, 3.05) is 132 Å². The zero-order valence-electron chi connectivity index (χ0n) is 35.4. The summed E-state index contributed by atoms with van der Waals surface area (Å²) in [6, 6.07) is 21.7. The molecular formula is C48H58I2O12. The first kappa shape index (κ1) is 47.2. The quantitative estimate of drug-likeness (QED) is 0.146. The summed E-state index contributed by atoms with van der Waals surface area (Å²) in [5.74, 6) is 3.34. The van der Waals surface area contributed by atoms with Crippen LogP contribution in [0.3, 0.4) is 0 Å². The summed E-state index contributed by atoms with van der Waals surface area (Å²) >= 11 is 4.84. The van der Waals surface area contributed by atoms with Crippen molar-refractivity contribution in [1.29, 1.82) is 0 Å². The van der Waals surface area contributed by atoms with Gasteiger partial charge in [-0.2, -0.15) is 0 Å². The maximum absolute atomic E-state index is 6.77. The summed E-state index contributed by atoms with van der Waals surface area (Å²) in [7, 11) is 0. The Morgan fingerprint density at radius 3 is 0.677 bits per heavy atom. The van der Waals surface area contributed by atoms with Crippen LogP contribution in [0.1, 0.15) is 44.5 Å². The molecule has 0 aromatic heterocycles. The van der Waals surface area contributed by atoms with Gasteiger partial charge in [-0.3, -0.25) is 0 Å². The fourth-order valence-corrected chi connectivity index (χ4v) is 9.18. The third kappa shape index (κ3) is 14.6. The van der Waals surface area contributed by atoms with E-state index in [1.807, 2.05) is 0 Å². The minimum absolute atomic E-state index is 0.370. The average Bonchev–Trinajstić information content (AvgIpc) is 3.25. The van der Waals surface area contributed by atoms with Gasteiger partial charge < -0.3 is 56.8 Å². The van der Waals surface area contributed by atoms with Gasteiger partial charge in [-0.15, -0.1) is 0 Å². The van der Waals surface area contributed by atoms with E-state index in [0.29, 0.717) is 158 Å². The smallest absolute Gasteiger partial charge is 0.126 e. The Bertz CT molecular complexity index is 1760. The molecule has 0 atom stereocenters. The summed E-state index contributed by atoms with van der Waals surface area (Å²) < 4.78 is 76.2. The van der Waals surface area contributed by atoms with Crippen molar-refractivity contribution in [2.24, 2.45) is 0 Å². The molecular weight excluding hydrogens is 1020 g/mol. The molecule has 1 aliphatic carbocycles. The summed E-state index contributed by atoms with van der Waals surface area (Å²) in [6.07, 6.45) is 2.31. The lowest BCUT2D eigenvalue weighted by molar-refractivity contribution is -0.00706. The van der Waals surface area contributed by atoms with E-state index >= 15 is 0 Å². The molecule has 12 nitrogen and oxygen atoms in total. The lowest BCUT2D eigenvalue weighted by atomic mass is 9.91. The van der Waals surface area contributed by atoms with Gasteiger partial charge in [-0.05, 0) is 114 Å². The highest BCUT2D eigenvalue weighted by molar-refractivity contribution is 14.1.